The molecule has 0 aromatic heterocycles. The number of carbonyl (C=O) groups excluding carboxylic acids is 9. The number of aromatic hydroxyl groups is 2. The van der Waals surface area contributed by atoms with Crippen LogP contribution in [0.1, 0.15) is 64.5 Å². The Bertz CT molecular complexity index is 2120. The van der Waals surface area contributed by atoms with Gasteiger partial charge in [0.25, 0.3) is 0 Å². The van der Waals surface area contributed by atoms with Gasteiger partial charge in [-0.1, -0.05) is 58.4 Å². The molecule has 70 heavy (non-hydrogen) atoms. The first-order chi connectivity index (χ1) is 33.0. The van der Waals surface area contributed by atoms with Gasteiger partial charge in [0.05, 0.1) is 26.3 Å². The SMILES string of the molecule is CC[C@H](C)[C@H](NC(=O)[C@H](CCC(N)=O)NC(=O)[C@H](CO)NC(=O)CNC(=O)[C@H](Cc1ccc(O)cc1)NC(=O)[C@H](CC(C)C)NC(=O)[C@H](CO)NC(=O)CN)C(=O)N[C@@H](Cc1ccc(O)cc1)C(=O)O. The van der Waals surface area contributed by atoms with Crippen LogP contribution in [0.3, 0.4) is 0 Å². The smallest absolute Gasteiger partial charge is 0.326 e. The van der Waals surface area contributed by atoms with Crippen LogP contribution in [0, 0.1) is 11.8 Å². The number of nitrogens with two attached hydrogens (primary N) is 2. The Morgan fingerprint density at radius 3 is 1.46 bits per heavy atom. The fourth-order valence-electron chi connectivity index (χ4n) is 6.61. The van der Waals surface area contributed by atoms with Gasteiger partial charge in [-0.3, -0.25) is 43.2 Å². The summed E-state index contributed by atoms with van der Waals surface area (Å²) >= 11 is 0. The van der Waals surface area contributed by atoms with E-state index in [4.69, 9.17) is 11.5 Å². The number of nitrogens with one attached hydrogen (secondary N) is 8. The fraction of sp³-hybridized carbons (Fsp3) is 0.511. The maximum Gasteiger partial charge on any atom is 0.326 e. The molecule has 0 saturated heterocycles. The Morgan fingerprint density at radius 1 is 0.557 bits per heavy atom. The Morgan fingerprint density at radius 2 is 1.00 bits per heavy atom. The van der Waals surface area contributed by atoms with Crippen LogP contribution in [0.25, 0.3) is 0 Å². The number of aliphatic hydroxyl groups is 2. The summed E-state index contributed by atoms with van der Waals surface area (Å²) in [6.07, 6.45) is -0.893. The maximum atomic E-state index is 13.7. The van der Waals surface area contributed by atoms with Crippen LogP contribution in [0.2, 0.25) is 0 Å². The average molecular weight is 987 g/mol. The molecule has 2 aromatic carbocycles. The van der Waals surface area contributed by atoms with Gasteiger partial charge in [-0.2, -0.15) is 0 Å². The zero-order valence-electron chi connectivity index (χ0n) is 39.4. The topological polar surface area (TPSA) is 420 Å². The molecule has 2 rings (SSSR count). The Balaban J connectivity index is 2.24. The van der Waals surface area contributed by atoms with Gasteiger partial charge in [-0.05, 0) is 60.1 Å². The van der Waals surface area contributed by atoms with Crippen LogP contribution < -0.4 is 54.0 Å². The second kappa shape index (κ2) is 29.5. The molecular formula is C45H66N10O15. The molecule has 8 atom stereocenters. The lowest BCUT2D eigenvalue weighted by Crippen LogP contribution is -2.60. The van der Waals surface area contributed by atoms with Crippen LogP contribution in [-0.2, 0) is 60.8 Å². The first-order valence-electron chi connectivity index (χ1n) is 22.4. The molecule has 0 aliphatic carbocycles. The number of benzene rings is 2. The summed E-state index contributed by atoms with van der Waals surface area (Å²) < 4.78 is 0. The van der Waals surface area contributed by atoms with Crippen molar-refractivity contribution >= 4 is 59.1 Å². The molecule has 0 unspecified atom stereocenters. The van der Waals surface area contributed by atoms with Crippen LogP contribution >= 0.6 is 0 Å². The number of carbonyl (C=O) groups is 10. The number of phenols is 2. The minimum absolute atomic E-state index is 0.0379. The largest absolute Gasteiger partial charge is 0.508 e. The lowest BCUT2D eigenvalue weighted by Gasteiger charge is -2.28. The van der Waals surface area contributed by atoms with Crippen molar-refractivity contribution in [3.63, 3.8) is 0 Å². The van der Waals surface area contributed by atoms with Gasteiger partial charge in [0, 0.05) is 19.3 Å². The van der Waals surface area contributed by atoms with E-state index in [1.54, 1.807) is 27.7 Å². The number of hydrogen-bond donors (Lipinski definition) is 15. The highest BCUT2D eigenvalue weighted by atomic mass is 16.4. The van der Waals surface area contributed by atoms with E-state index in [1.807, 2.05) is 0 Å². The first kappa shape index (κ1) is 58.7. The van der Waals surface area contributed by atoms with Crippen molar-refractivity contribution in [3.05, 3.63) is 59.7 Å². The molecule has 0 fully saturated rings. The summed E-state index contributed by atoms with van der Waals surface area (Å²) in [5.74, 6) is -10.7. The molecular weight excluding hydrogens is 921 g/mol. The van der Waals surface area contributed by atoms with Crippen LogP contribution in [-0.4, -0.2) is 153 Å². The van der Waals surface area contributed by atoms with Crippen molar-refractivity contribution in [1.29, 1.82) is 0 Å². The molecule has 0 spiro atoms. The minimum atomic E-state index is -1.76. The van der Waals surface area contributed by atoms with E-state index in [1.165, 1.54) is 48.5 Å². The Labute approximate surface area is 403 Å². The first-order valence-corrected chi connectivity index (χ1v) is 22.4. The van der Waals surface area contributed by atoms with E-state index < -0.39 is 146 Å². The maximum absolute atomic E-state index is 13.7. The molecule has 0 aliphatic heterocycles. The van der Waals surface area contributed by atoms with Crippen LogP contribution in [0.5, 0.6) is 11.5 Å². The van der Waals surface area contributed by atoms with E-state index in [2.05, 4.69) is 42.5 Å². The Hall–Kier alpha value is -7.38. The van der Waals surface area contributed by atoms with Gasteiger partial charge >= 0.3 is 5.97 Å². The number of amides is 9. The molecule has 17 N–H and O–H groups in total. The van der Waals surface area contributed by atoms with Gasteiger partial charge in [-0.15, -0.1) is 0 Å². The van der Waals surface area contributed by atoms with Gasteiger partial charge in [0.2, 0.25) is 53.2 Å². The standard InChI is InChI=1S/C45H66N10O15/c1-5-24(4)38(44(68)54-32(45(69)70)18-26-8-12-28(59)13-9-26)55-40(64)29(14-15-35(47)60)51-42(66)34(22-57)50-37(62)20-48-39(63)31(17-25-6-10-27(58)11-7-25)53-41(65)30(16-23(2)3)52-43(67)33(21-56)49-36(61)19-46/h6-13,23-24,29-34,38,56-59H,5,14-22,46H2,1-4H3,(H2,47,60)(H,48,63)(H,49,61)(H,50,62)(H,51,66)(H,52,67)(H,53,65)(H,54,68)(H,55,64)(H,69,70)/t24-,29-,30-,31-,32-,33-,34-,38-/m0/s1. The second-order valence-corrected chi connectivity index (χ2v) is 16.9. The highest BCUT2D eigenvalue weighted by molar-refractivity contribution is 5.97. The van der Waals surface area contributed by atoms with E-state index in [-0.39, 0.29) is 36.7 Å². The lowest BCUT2D eigenvalue weighted by molar-refractivity contribution is -0.142. The number of aliphatic carboxylic acids is 1. The van der Waals surface area contributed by atoms with Crippen LogP contribution in [0.15, 0.2) is 48.5 Å². The molecule has 2 aromatic rings. The zero-order chi connectivity index (χ0) is 52.7. The summed E-state index contributed by atoms with van der Waals surface area (Å²) in [4.78, 5) is 130. The number of primary amides is 1. The number of phenolic OH excluding ortho intramolecular Hbond substituents is 2. The van der Waals surface area contributed by atoms with Gasteiger partial charge in [0.15, 0.2) is 0 Å². The van der Waals surface area contributed by atoms with Crippen molar-refractivity contribution in [2.45, 2.75) is 109 Å². The van der Waals surface area contributed by atoms with Crippen molar-refractivity contribution in [2.75, 3.05) is 26.3 Å². The third-order valence-corrected chi connectivity index (χ3v) is 10.7. The molecule has 0 aliphatic rings. The molecule has 0 bridgehead atoms. The fourth-order valence-corrected chi connectivity index (χ4v) is 6.61. The van der Waals surface area contributed by atoms with Gasteiger partial charge in [0.1, 0.15) is 53.8 Å². The second-order valence-electron chi connectivity index (χ2n) is 16.9. The van der Waals surface area contributed by atoms with Crippen molar-refractivity contribution in [1.82, 2.24) is 42.5 Å². The summed E-state index contributed by atoms with van der Waals surface area (Å²) in [5, 5.41) is 68.1. The van der Waals surface area contributed by atoms with Crippen LogP contribution in [0.4, 0.5) is 0 Å². The van der Waals surface area contributed by atoms with E-state index in [9.17, 15) is 73.5 Å². The molecule has 0 saturated carbocycles. The molecule has 0 heterocycles. The zero-order valence-corrected chi connectivity index (χ0v) is 39.4. The number of carboxylic acid groups (broad SMARTS) is 1. The van der Waals surface area contributed by atoms with Crippen molar-refractivity contribution in [2.24, 2.45) is 23.3 Å². The lowest BCUT2D eigenvalue weighted by atomic mass is 9.96. The molecule has 386 valence electrons. The van der Waals surface area contributed by atoms with Gasteiger partial charge < -0.3 is 79.5 Å². The summed E-state index contributed by atoms with van der Waals surface area (Å²) in [6.45, 7) is 3.61. The number of hydrogen-bond acceptors (Lipinski definition) is 15. The summed E-state index contributed by atoms with van der Waals surface area (Å²) in [6, 6.07) is 0.850. The van der Waals surface area contributed by atoms with Gasteiger partial charge in [-0.25, -0.2) is 4.79 Å². The highest BCUT2D eigenvalue weighted by Crippen LogP contribution is 2.15. The summed E-state index contributed by atoms with van der Waals surface area (Å²) in [5.41, 5.74) is 11.5. The monoisotopic (exact) mass is 986 g/mol. The number of carboxylic acids is 1. The number of rotatable bonds is 30. The summed E-state index contributed by atoms with van der Waals surface area (Å²) in [7, 11) is 0. The molecule has 9 amide bonds. The van der Waals surface area contributed by atoms with E-state index >= 15 is 0 Å². The quantitative estimate of drug-likeness (QED) is 0.0353. The predicted octanol–water partition coefficient (Wildman–Crippen LogP) is -4.22. The number of aliphatic hydroxyl groups excluding tert-OH is 2. The molecule has 25 heteroatoms. The predicted molar refractivity (Wildman–Crippen MR) is 248 cm³/mol. The van der Waals surface area contributed by atoms with Crippen molar-refractivity contribution < 1.29 is 73.5 Å². The van der Waals surface area contributed by atoms with E-state index in [0.717, 1.165) is 0 Å². The Kier molecular flexibility index (Phi) is 24.8. The van der Waals surface area contributed by atoms with Crippen molar-refractivity contribution in [3.8, 4) is 11.5 Å². The third-order valence-electron chi connectivity index (χ3n) is 10.7. The average Bonchev–Trinajstić information content (AvgIpc) is 3.31. The van der Waals surface area contributed by atoms with E-state index in [0.29, 0.717) is 17.5 Å². The highest BCUT2D eigenvalue weighted by Gasteiger charge is 2.35. The molecule has 0 radical (unpaired) electrons. The molecule has 25 nitrogen and oxygen atoms in total. The minimum Gasteiger partial charge on any atom is -0.508 e. The normalized spacial score (nSPS) is 14.4. The third kappa shape index (κ3) is 20.5.